The number of hydrogen-bond donors (Lipinski definition) is 1. The van der Waals surface area contributed by atoms with Crippen molar-refractivity contribution in [2.45, 2.75) is 25.1 Å². The first-order valence-electron chi connectivity index (χ1n) is 3.91. The molecule has 0 spiro atoms. The number of amides is 1. The molecule has 0 bridgehead atoms. The normalized spacial score (nSPS) is 23.7. The van der Waals surface area contributed by atoms with Gasteiger partial charge in [-0.05, 0) is 6.42 Å². The lowest BCUT2D eigenvalue weighted by molar-refractivity contribution is -0.160. The van der Waals surface area contributed by atoms with E-state index in [2.05, 4.69) is 0 Å². The Labute approximate surface area is 73.1 Å². The Kier molecular flexibility index (Phi) is 2.80. The summed E-state index contributed by atoms with van der Waals surface area (Å²) in [4.78, 5) is 11.9. The quantitative estimate of drug-likeness (QED) is 0.666. The zero-order chi connectivity index (χ0) is 10.1. The van der Waals surface area contributed by atoms with Gasteiger partial charge in [-0.2, -0.15) is 13.2 Å². The first-order valence-corrected chi connectivity index (χ1v) is 3.91. The van der Waals surface area contributed by atoms with Gasteiger partial charge in [0.05, 0.1) is 6.10 Å². The zero-order valence-electron chi connectivity index (χ0n) is 6.84. The molecule has 1 heterocycles. The highest BCUT2D eigenvalue weighted by Crippen LogP contribution is 2.22. The van der Waals surface area contributed by atoms with Gasteiger partial charge in [0.1, 0.15) is 6.42 Å². The zero-order valence-corrected chi connectivity index (χ0v) is 6.84. The van der Waals surface area contributed by atoms with Gasteiger partial charge in [0.25, 0.3) is 0 Å². The number of likely N-dealkylation sites (tertiary alicyclic amines) is 1. The summed E-state index contributed by atoms with van der Waals surface area (Å²) < 4.78 is 35.2. The van der Waals surface area contributed by atoms with E-state index in [-0.39, 0.29) is 13.1 Å². The molecule has 1 amide bonds. The highest BCUT2D eigenvalue weighted by atomic mass is 19.4. The molecule has 0 radical (unpaired) electrons. The third-order valence-corrected chi connectivity index (χ3v) is 1.87. The SMILES string of the molecule is O=C(CC(F)(F)F)N1CC[C@H](O)C1. The van der Waals surface area contributed by atoms with Gasteiger partial charge in [-0.15, -0.1) is 0 Å². The van der Waals surface area contributed by atoms with Crippen LogP contribution in [-0.2, 0) is 4.79 Å². The predicted octanol–water partition coefficient (Wildman–Crippen LogP) is 0.532. The van der Waals surface area contributed by atoms with Gasteiger partial charge >= 0.3 is 6.18 Å². The lowest BCUT2D eigenvalue weighted by Gasteiger charge is -2.16. The molecule has 1 saturated heterocycles. The Hall–Kier alpha value is -0.780. The fourth-order valence-electron chi connectivity index (χ4n) is 1.25. The Balaban J connectivity index is 2.41. The van der Waals surface area contributed by atoms with Gasteiger partial charge < -0.3 is 10.0 Å². The molecule has 1 N–H and O–H groups in total. The number of nitrogens with zero attached hydrogens (tertiary/aromatic N) is 1. The monoisotopic (exact) mass is 197 g/mol. The van der Waals surface area contributed by atoms with Crippen LogP contribution >= 0.6 is 0 Å². The van der Waals surface area contributed by atoms with Crippen molar-refractivity contribution in [3.63, 3.8) is 0 Å². The molecule has 1 aliphatic rings. The van der Waals surface area contributed by atoms with E-state index in [0.717, 1.165) is 4.90 Å². The van der Waals surface area contributed by atoms with Crippen molar-refractivity contribution >= 4 is 5.91 Å². The molecule has 0 aromatic rings. The molecule has 0 aliphatic carbocycles. The van der Waals surface area contributed by atoms with Crippen molar-refractivity contribution < 1.29 is 23.1 Å². The Morgan fingerprint density at radius 3 is 2.54 bits per heavy atom. The van der Waals surface area contributed by atoms with Crippen LogP contribution in [0.25, 0.3) is 0 Å². The molecule has 76 valence electrons. The van der Waals surface area contributed by atoms with E-state index in [1.165, 1.54) is 0 Å². The Morgan fingerprint density at radius 1 is 1.54 bits per heavy atom. The average molecular weight is 197 g/mol. The van der Waals surface area contributed by atoms with Crippen LogP contribution in [0.5, 0.6) is 0 Å². The third-order valence-electron chi connectivity index (χ3n) is 1.87. The molecule has 0 unspecified atom stereocenters. The fraction of sp³-hybridized carbons (Fsp3) is 0.857. The Bertz CT molecular complexity index is 204. The minimum atomic E-state index is -4.45. The van der Waals surface area contributed by atoms with Crippen molar-refractivity contribution in [2.75, 3.05) is 13.1 Å². The summed E-state index contributed by atoms with van der Waals surface area (Å²) in [5.74, 6) is -0.955. The number of alkyl halides is 3. The van der Waals surface area contributed by atoms with Gasteiger partial charge in [-0.25, -0.2) is 0 Å². The average Bonchev–Trinajstić information content (AvgIpc) is 2.31. The summed E-state index contributed by atoms with van der Waals surface area (Å²) in [5, 5.41) is 8.97. The first kappa shape index (κ1) is 10.3. The first-order chi connectivity index (χ1) is 5.88. The summed E-state index contributed by atoms with van der Waals surface area (Å²) in [5.41, 5.74) is 0. The van der Waals surface area contributed by atoms with Crippen LogP contribution in [-0.4, -0.2) is 41.3 Å². The smallest absolute Gasteiger partial charge is 0.391 e. The molecule has 0 aromatic carbocycles. The largest absolute Gasteiger partial charge is 0.397 e. The number of hydrogen-bond acceptors (Lipinski definition) is 2. The van der Waals surface area contributed by atoms with E-state index in [9.17, 15) is 18.0 Å². The molecule has 3 nitrogen and oxygen atoms in total. The maximum Gasteiger partial charge on any atom is 0.397 e. The van der Waals surface area contributed by atoms with E-state index in [1.807, 2.05) is 0 Å². The Morgan fingerprint density at radius 2 is 2.15 bits per heavy atom. The van der Waals surface area contributed by atoms with Crippen LogP contribution in [0.2, 0.25) is 0 Å². The van der Waals surface area contributed by atoms with E-state index in [0.29, 0.717) is 6.42 Å². The third kappa shape index (κ3) is 3.22. The molecular formula is C7H10F3NO2. The van der Waals surface area contributed by atoms with Gasteiger partial charge in [0, 0.05) is 13.1 Å². The van der Waals surface area contributed by atoms with Crippen molar-refractivity contribution in [1.82, 2.24) is 4.90 Å². The number of rotatable bonds is 1. The van der Waals surface area contributed by atoms with E-state index in [4.69, 9.17) is 5.11 Å². The van der Waals surface area contributed by atoms with Crippen molar-refractivity contribution in [1.29, 1.82) is 0 Å². The van der Waals surface area contributed by atoms with E-state index < -0.39 is 24.6 Å². The molecule has 1 aliphatic heterocycles. The van der Waals surface area contributed by atoms with Crippen LogP contribution in [0.1, 0.15) is 12.8 Å². The number of carbonyl (C=O) groups excluding carboxylic acids is 1. The van der Waals surface area contributed by atoms with Crippen molar-refractivity contribution in [3.8, 4) is 0 Å². The van der Waals surface area contributed by atoms with Gasteiger partial charge in [-0.3, -0.25) is 4.79 Å². The van der Waals surface area contributed by atoms with Crippen LogP contribution in [0.15, 0.2) is 0 Å². The molecule has 6 heteroatoms. The summed E-state index contributed by atoms with van der Waals surface area (Å²) >= 11 is 0. The molecule has 0 saturated carbocycles. The summed E-state index contributed by atoms with van der Waals surface area (Å²) in [6, 6.07) is 0. The van der Waals surface area contributed by atoms with E-state index in [1.54, 1.807) is 0 Å². The predicted molar refractivity (Wildman–Crippen MR) is 37.9 cm³/mol. The van der Waals surface area contributed by atoms with Crippen LogP contribution in [0.4, 0.5) is 13.2 Å². The van der Waals surface area contributed by atoms with Crippen molar-refractivity contribution in [3.05, 3.63) is 0 Å². The molecule has 13 heavy (non-hydrogen) atoms. The molecule has 1 rings (SSSR count). The highest BCUT2D eigenvalue weighted by molar-refractivity contribution is 5.77. The second kappa shape index (κ2) is 3.53. The molecule has 1 fully saturated rings. The van der Waals surface area contributed by atoms with Crippen molar-refractivity contribution in [2.24, 2.45) is 0 Å². The van der Waals surface area contributed by atoms with Gasteiger partial charge in [0.2, 0.25) is 5.91 Å². The van der Waals surface area contributed by atoms with Gasteiger partial charge in [-0.1, -0.05) is 0 Å². The highest BCUT2D eigenvalue weighted by Gasteiger charge is 2.35. The number of aliphatic hydroxyl groups is 1. The van der Waals surface area contributed by atoms with E-state index >= 15 is 0 Å². The number of aliphatic hydroxyl groups excluding tert-OH is 1. The standard InChI is InChI=1S/C7H10F3NO2/c8-7(9,10)3-6(13)11-2-1-5(12)4-11/h5,12H,1-4H2/t5-/m0/s1. The van der Waals surface area contributed by atoms with Crippen LogP contribution < -0.4 is 0 Å². The lowest BCUT2D eigenvalue weighted by Crippen LogP contribution is -2.32. The number of carbonyl (C=O) groups is 1. The molecular weight excluding hydrogens is 187 g/mol. The van der Waals surface area contributed by atoms with Gasteiger partial charge in [0.15, 0.2) is 0 Å². The molecule has 1 atom stereocenters. The van der Waals surface area contributed by atoms with Crippen LogP contribution in [0, 0.1) is 0 Å². The number of halogens is 3. The second-order valence-corrected chi connectivity index (χ2v) is 3.07. The minimum absolute atomic E-state index is 0.0227. The van der Waals surface area contributed by atoms with Crippen LogP contribution in [0.3, 0.4) is 0 Å². The number of β-amino-alcohol motifs (C(OH)–C–C–N with tert-alkyl or cyclic N) is 1. The molecule has 0 aromatic heterocycles. The topological polar surface area (TPSA) is 40.5 Å². The lowest BCUT2D eigenvalue weighted by atomic mass is 10.3. The summed E-state index contributed by atoms with van der Waals surface area (Å²) in [6.07, 6.45) is -6.19. The summed E-state index contributed by atoms with van der Waals surface area (Å²) in [6.45, 7) is 0.241. The summed E-state index contributed by atoms with van der Waals surface area (Å²) in [7, 11) is 0. The minimum Gasteiger partial charge on any atom is -0.391 e. The fourth-order valence-corrected chi connectivity index (χ4v) is 1.25. The second-order valence-electron chi connectivity index (χ2n) is 3.07. The maximum atomic E-state index is 11.7. The maximum absolute atomic E-state index is 11.7.